The van der Waals surface area contributed by atoms with Crippen LogP contribution in [0.2, 0.25) is 0 Å². The van der Waals surface area contributed by atoms with Gasteiger partial charge < -0.3 is 0 Å². The summed E-state index contributed by atoms with van der Waals surface area (Å²) in [6.45, 7) is 4.71. The highest BCUT2D eigenvalue weighted by molar-refractivity contribution is 8.21. The molecule has 0 bridgehead atoms. The Labute approximate surface area is 67.8 Å². The van der Waals surface area contributed by atoms with E-state index in [9.17, 15) is 4.79 Å². The van der Waals surface area contributed by atoms with Crippen molar-refractivity contribution in [2.45, 2.75) is 26.8 Å². The number of amides is 1. The molecule has 5 nitrogen and oxygen atoms in total. The van der Waals surface area contributed by atoms with Crippen molar-refractivity contribution in [1.82, 2.24) is 9.44 Å². The van der Waals surface area contributed by atoms with Crippen molar-refractivity contribution in [2.75, 3.05) is 0 Å². The molecule has 0 aromatic heterocycles. The van der Waals surface area contributed by atoms with Gasteiger partial charge in [0, 0.05) is 13.0 Å². The second kappa shape index (κ2) is 3.91. The van der Waals surface area contributed by atoms with Crippen LogP contribution in [0.4, 0.5) is 0 Å². The highest BCUT2D eigenvalue weighted by atomic mass is 32.3. The predicted molar refractivity (Wildman–Crippen MR) is 44.9 cm³/mol. The molecule has 11 heavy (non-hydrogen) atoms. The fraction of sp³-hybridized carbons (Fsp3) is 0.800. The van der Waals surface area contributed by atoms with Crippen LogP contribution in [0, 0.1) is 0 Å². The first-order valence-corrected chi connectivity index (χ1v) is 4.72. The normalized spacial score (nSPS) is 13.3. The van der Waals surface area contributed by atoms with Gasteiger partial charge in [-0.05, 0) is 13.8 Å². The molecule has 0 saturated carbocycles. The molecular formula is C5H14N2O3S. The first-order valence-electron chi connectivity index (χ1n) is 3.17. The molecule has 0 aromatic carbocycles. The number of hydrogen-bond acceptors (Lipinski definition) is 4. The van der Waals surface area contributed by atoms with Crippen molar-refractivity contribution < 1.29 is 13.9 Å². The Bertz CT molecular complexity index is 149. The molecule has 0 radical (unpaired) electrons. The van der Waals surface area contributed by atoms with Gasteiger partial charge in [0.05, 0.1) is 0 Å². The summed E-state index contributed by atoms with van der Waals surface area (Å²) in [6, 6.07) is -0.0909. The van der Waals surface area contributed by atoms with Crippen molar-refractivity contribution in [2.24, 2.45) is 0 Å². The quantitative estimate of drug-likeness (QED) is 0.518. The van der Waals surface area contributed by atoms with Gasteiger partial charge in [-0.1, -0.05) is 11.0 Å². The van der Waals surface area contributed by atoms with Crippen LogP contribution in [0.25, 0.3) is 0 Å². The van der Waals surface area contributed by atoms with Crippen molar-refractivity contribution in [3.8, 4) is 0 Å². The molecule has 1 amide bonds. The topological polar surface area (TPSA) is 81.6 Å². The zero-order valence-corrected chi connectivity index (χ0v) is 7.60. The maximum atomic E-state index is 10.4. The van der Waals surface area contributed by atoms with E-state index in [-0.39, 0.29) is 6.04 Å². The summed E-state index contributed by atoms with van der Waals surface area (Å²) >= 11 is 0. The Balaban J connectivity index is 3.89. The lowest BCUT2D eigenvalue weighted by Gasteiger charge is -2.34. The molecule has 0 aliphatic rings. The molecule has 0 aliphatic heterocycles. The minimum absolute atomic E-state index is 0.0909. The Morgan fingerprint density at radius 2 is 1.91 bits per heavy atom. The fourth-order valence-corrected chi connectivity index (χ4v) is 1.68. The lowest BCUT2D eigenvalue weighted by Crippen LogP contribution is -2.38. The monoisotopic (exact) mass is 182 g/mol. The third kappa shape index (κ3) is 6.11. The van der Waals surface area contributed by atoms with Gasteiger partial charge in [0.15, 0.2) is 0 Å². The van der Waals surface area contributed by atoms with Gasteiger partial charge >= 0.3 is 0 Å². The van der Waals surface area contributed by atoms with Crippen LogP contribution in [-0.2, 0) is 4.79 Å². The summed E-state index contributed by atoms with van der Waals surface area (Å²) in [5.41, 5.74) is 0. The Kier molecular flexibility index (Phi) is 3.81. The Morgan fingerprint density at radius 3 is 2.18 bits per heavy atom. The largest absolute Gasteiger partial charge is 0.274 e. The zero-order valence-electron chi connectivity index (χ0n) is 6.79. The SMILES string of the molecule is CC(=O)NS(O)(O)NC(C)C. The van der Waals surface area contributed by atoms with Crippen molar-refractivity contribution in [3.63, 3.8) is 0 Å². The average Bonchev–Trinajstić information content (AvgIpc) is 1.53. The molecule has 0 spiro atoms. The van der Waals surface area contributed by atoms with Crippen molar-refractivity contribution in [1.29, 1.82) is 0 Å². The number of nitrogens with one attached hydrogen (secondary N) is 2. The summed E-state index contributed by atoms with van der Waals surface area (Å²) in [5.74, 6) is -0.474. The average molecular weight is 182 g/mol. The van der Waals surface area contributed by atoms with Crippen LogP contribution in [0.3, 0.4) is 0 Å². The van der Waals surface area contributed by atoms with Gasteiger partial charge in [-0.25, -0.2) is 4.72 Å². The molecule has 0 aromatic rings. The smallest absolute Gasteiger partial charge is 0.235 e. The van der Waals surface area contributed by atoms with E-state index < -0.39 is 16.9 Å². The van der Waals surface area contributed by atoms with Crippen LogP contribution in [-0.4, -0.2) is 21.1 Å². The maximum absolute atomic E-state index is 10.4. The summed E-state index contributed by atoms with van der Waals surface area (Å²) < 4.78 is 22.5. The Morgan fingerprint density at radius 1 is 1.45 bits per heavy atom. The van der Waals surface area contributed by atoms with Gasteiger partial charge in [-0.15, -0.1) is 0 Å². The first-order chi connectivity index (χ1) is 4.83. The molecule has 6 heteroatoms. The van der Waals surface area contributed by atoms with E-state index in [0.29, 0.717) is 0 Å². The molecule has 0 rings (SSSR count). The third-order valence-corrected chi connectivity index (χ3v) is 2.06. The summed E-state index contributed by atoms with van der Waals surface area (Å²) in [7, 11) is -3.13. The lowest BCUT2D eigenvalue weighted by molar-refractivity contribution is -0.117. The second-order valence-corrected chi connectivity index (χ2v) is 4.02. The molecule has 0 saturated heterocycles. The van der Waals surface area contributed by atoms with Gasteiger partial charge in [0.25, 0.3) is 0 Å². The third-order valence-electron chi connectivity index (χ3n) is 0.686. The molecule has 4 N–H and O–H groups in total. The molecule has 0 unspecified atom stereocenters. The minimum atomic E-state index is -3.13. The highest BCUT2D eigenvalue weighted by Gasteiger charge is 2.13. The molecular weight excluding hydrogens is 168 g/mol. The number of carbonyl (C=O) groups excluding carboxylic acids is 1. The standard InChI is InChI=1S/C5H14N2O3S/c1-4(2)6-11(9,10)7-5(3)8/h4,6,9-10H,1-3H3,(H,7,8). The van der Waals surface area contributed by atoms with Gasteiger partial charge in [-0.3, -0.25) is 13.9 Å². The van der Waals surface area contributed by atoms with Crippen molar-refractivity contribution >= 4 is 16.9 Å². The van der Waals surface area contributed by atoms with E-state index >= 15 is 0 Å². The summed E-state index contributed by atoms with van der Waals surface area (Å²) in [5, 5.41) is 0. The van der Waals surface area contributed by atoms with Crippen LogP contribution in [0.15, 0.2) is 0 Å². The maximum Gasteiger partial charge on any atom is 0.235 e. The van der Waals surface area contributed by atoms with E-state index in [1.807, 2.05) is 4.72 Å². The highest BCUT2D eigenvalue weighted by Crippen LogP contribution is 2.27. The second-order valence-electron chi connectivity index (χ2n) is 2.48. The molecule has 68 valence electrons. The van der Waals surface area contributed by atoms with E-state index in [0.717, 1.165) is 0 Å². The van der Waals surface area contributed by atoms with Gasteiger partial charge in [0.2, 0.25) is 5.91 Å². The van der Waals surface area contributed by atoms with E-state index in [4.69, 9.17) is 9.11 Å². The fourth-order valence-electron chi connectivity index (χ4n) is 0.559. The summed E-state index contributed by atoms with van der Waals surface area (Å²) in [4.78, 5) is 10.4. The van der Waals surface area contributed by atoms with Crippen LogP contribution in [0.5, 0.6) is 0 Å². The predicted octanol–water partition coefficient (Wildman–Crippen LogP) is 0.701. The van der Waals surface area contributed by atoms with Gasteiger partial charge in [-0.2, -0.15) is 4.72 Å². The minimum Gasteiger partial charge on any atom is -0.274 e. The van der Waals surface area contributed by atoms with Crippen LogP contribution in [0.1, 0.15) is 20.8 Å². The van der Waals surface area contributed by atoms with Gasteiger partial charge in [0.1, 0.15) is 0 Å². The Hall–Kier alpha value is -0.300. The van der Waals surface area contributed by atoms with E-state index in [2.05, 4.69) is 4.72 Å². The van der Waals surface area contributed by atoms with E-state index in [1.54, 1.807) is 13.8 Å². The summed E-state index contributed by atoms with van der Waals surface area (Å²) in [6.07, 6.45) is 0. The zero-order chi connectivity index (χ0) is 9.07. The number of carbonyl (C=O) groups is 1. The molecule has 0 atom stereocenters. The molecule has 0 fully saturated rings. The van der Waals surface area contributed by atoms with Crippen LogP contribution >= 0.6 is 11.0 Å². The van der Waals surface area contributed by atoms with Crippen molar-refractivity contribution in [3.05, 3.63) is 0 Å². The number of hydrogen-bond donors (Lipinski definition) is 4. The van der Waals surface area contributed by atoms with Crippen LogP contribution < -0.4 is 9.44 Å². The first kappa shape index (κ1) is 10.7. The van der Waals surface area contributed by atoms with E-state index in [1.165, 1.54) is 6.92 Å². The number of rotatable bonds is 3. The molecule has 0 aliphatic carbocycles. The molecule has 0 heterocycles. The lowest BCUT2D eigenvalue weighted by atomic mass is 10.4.